The summed E-state index contributed by atoms with van der Waals surface area (Å²) >= 11 is 0. The van der Waals surface area contributed by atoms with Crippen LogP contribution >= 0.6 is 0 Å². The molecule has 3 nitrogen and oxygen atoms in total. The maximum atomic E-state index is 6.89. The third-order valence-corrected chi connectivity index (χ3v) is 18.5. The first-order valence-corrected chi connectivity index (χ1v) is 25.8. The summed E-state index contributed by atoms with van der Waals surface area (Å²) in [5, 5.41) is 5.10. The van der Waals surface area contributed by atoms with Gasteiger partial charge in [0.05, 0.1) is 11.0 Å². The van der Waals surface area contributed by atoms with Crippen molar-refractivity contribution >= 4 is 72.9 Å². The van der Waals surface area contributed by atoms with E-state index in [1.165, 1.54) is 134 Å². The molecular formula is C66H59BN2O. The van der Waals surface area contributed by atoms with E-state index in [1.54, 1.807) is 0 Å². The summed E-state index contributed by atoms with van der Waals surface area (Å²) < 4.78 is 9.61. The Hall–Kier alpha value is -6.78. The molecule has 0 fully saturated rings. The maximum Gasteiger partial charge on any atom is 0.333 e. The highest BCUT2D eigenvalue weighted by molar-refractivity contribution is 6.94. The van der Waals surface area contributed by atoms with Gasteiger partial charge in [-0.15, -0.1) is 0 Å². The molecule has 70 heavy (non-hydrogen) atoms. The van der Waals surface area contributed by atoms with Crippen LogP contribution in [0.5, 0.6) is 0 Å². The second-order valence-corrected chi connectivity index (χ2v) is 25.1. The van der Waals surface area contributed by atoms with Crippen molar-refractivity contribution in [1.82, 2.24) is 4.57 Å². The molecule has 0 amide bonds. The van der Waals surface area contributed by atoms with E-state index >= 15 is 0 Å². The zero-order valence-corrected chi connectivity index (χ0v) is 42.5. The fourth-order valence-corrected chi connectivity index (χ4v) is 14.7. The second kappa shape index (κ2) is 12.8. The largest absolute Gasteiger partial charge is 0.456 e. The van der Waals surface area contributed by atoms with E-state index in [2.05, 4.69) is 219 Å². The lowest BCUT2D eigenvalue weighted by atomic mass is 9.43. The van der Waals surface area contributed by atoms with Gasteiger partial charge in [-0.3, -0.25) is 0 Å². The fraction of sp³-hybridized carbons (Fsp3) is 0.273. The number of benzene rings is 8. The highest BCUT2D eigenvalue weighted by atomic mass is 16.3. The van der Waals surface area contributed by atoms with Crippen molar-refractivity contribution in [3.63, 3.8) is 0 Å². The number of aromatic nitrogens is 1. The fourth-order valence-electron chi connectivity index (χ4n) is 14.7. The number of furan rings is 1. The summed E-state index contributed by atoms with van der Waals surface area (Å²) in [5.74, 6) is 0. The average molecular weight is 907 g/mol. The first kappa shape index (κ1) is 41.0. The van der Waals surface area contributed by atoms with Gasteiger partial charge in [-0.05, 0) is 149 Å². The van der Waals surface area contributed by atoms with Gasteiger partial charge >= 0.3 is 6.85 Å². The lowest BCUT2D eigenvalue weighted by molar-refractivity contribution is 0.332. The zero-order valence-electron chi connectivity index (χ0n) is 42.5. The van der Waals surface area contributed by atoms with E-state index < -0.39 is 0 Å². The van der Waals surface area contributed by atoms with Gasteiger partial charge in [0.1, 0.15) is 11.2 Å². The Bertz CT molecular complexity index is 4050. The van der Waals surface area contributed by atoms with Gasteiger partial charge in [0.15, 0.2) is 0 Å². The number of para-hydroxylation sites is 1. The Labute approximate surface area is 412 Å². The molecule has 2 aliphatic heterocycles. The normalized spacial score (nSPS) is 17.9. The van der Waals surface area contributed by atoms with Gasteiger partial charge in [-0.2, -0.15) is 0 Å². The molecule has 2 aromatic heterocycles. The molecule has 0 saturated heterocycles. The number of nitrogens with zero attached hydrogens (tertiary/aromatic N) is 2. The Morgan fingerprint density at radius 3 is 1.90 bits per heavy atom. The molecule has 342 valence electrons. The minimum absolute atomic E-state index is 0.0170. The summed E-state index contributed by atoms with van der Waals surface area (Å²) in [6.45, 7) is 26.6. The molecule has 8 aromatic carbocycles. The molecule has 15 rings (SSSR count). The van der Waals surface area contributed by atoms with Crippen molar-refractivity contribution in [1.29, 1.82) is 0 Å². The first-order valence-electron chi connectivity index (χ1n) is 25.8. The molecule has 0 saturated carbocycles. The van der Waals surface area contributed by atoms with E-state index in [9.17, 15) is 0 Å². The highest BCUT2D eigenvalue weighted by Crippen LogP contribution is 2.62. The van der Waals surface area contributed by atoms with Crippen LogP contribution in [0.1, 0.15) is 128 Å². The van der Waals surface area contributed by atoms with Crippen LogP contribution in [0.2, 0.25) is 0 Å². The SMILES string of the molecule is CC(C)(C)c1ccc(N2B3c4cc5c(cc4-n4c6cc7c(cc6c6c8c(c(c3c64)-c3cc4c(cc32)C(C)(C)c2ccccc2-4)-c2ccccc2C8(C)C)C(C)(C)CCC7(C)C)oc2ccccc25)cc1. The molecule has 0 atom stereocenters. The molecule has 0 radical (unpaired) electrons. The molecule has 4 heteroatoms. The summed E-state index contributed by atoms with van der Waals surface area (Å²) in [4.78, 5) is 2.76. The topological polar surface area (TPSA) is 21.3 Å². The average Bonchev–Trinajstić information content (AvgIpc) is 4.01. The molecule has 10 aromatic rings. The lowest BCUT2D eigenvalue weighted by Gasteiger charge is -2.44. The summed E-state index contributed by atoms with van der Waals surface area (Å²) in [6, 6.07) is 52.3. The lowest BCUT2D eigenvalue weighted by Crippen LogP contribution is -2.60. The number of rotatable bonds is 1. The van der Waals surface area contributed by atoms with Crippen molar-refractivity contribution < 1.29 is 4.42 Å². The van der Waals surface area contributed by atoms with Gasteiger partial charge in [-0.25, -0.2) is 0 Å². The Kier molecular flexibility index (Phi) is 7.48. The van der Waals surface area contributed by atoms with Crippen molar-refractivity contribution in [2.45, 2.75) is 116 Å². The predicted octanol–water partition coefficient (Wildman–Crippen LogP) is 16.2. The van der Waals surface area contributed by atoms with Crippen molar-refractivity contribution in [3.8, 4) is 39.1 Å². The van der Waals surface area contributed by atoms with Crippen LogP contribution in [-0.4, -0.2) is 11.4 Å². The number of hydrogen-bond donors (Lipinski definition) is 0. The second-order valence-electron chi connectivity index (χ2n) is 25.1. The zero-order chi connectivity index (χ0) is 47.9. The van der Waals surface area contributed by atoms with E-state index in [0.717, 1.165) is 23.0 Å². The molecular weight excluding hydrogens is 848 g/mol. The van der Waals surface area contributed by atoms with E-state index in [0.29, 0.717) is 0 Å². The molecule has 5 aliphatic rings. The first-order chi connectivity index (χ1) is 33.4. The summed E-state index contributed by atoms with van der Waals surface area (Å²) in [6.07, 6.45) is 2.33. The van der Waals surface area contributed by atoms with Crippen LogP contribution in [-0.2, 0) is 27.1 Å². The van der Waals surface area contributed by atoms with Gasteiger partial charge < -0.3 is 13.8 Å². The Morgan fingerprint density at radius 1 is 0.514 bits per heavy atom. The quantitative estimate of drug-likeness (QED) is 0.153. The Balaban J connectivity index is 1.20. The van der Waals surface area contributed by atoms with Crippen LogP contribution in [0, 0.1) is 0 Å². The van der Waals surface area contributed by atoms with Crippen LogP contribution in [0.3, 0.4) is 0 Å². The maximum absolute atomic E-state index is 6.89. The third-order valence-electron chi connectivity index (χ3n) is 18.5. The van der Waals surface area contributed by atoms with Crippen LogP contribution < -0.4 is 15.7 Å². The minimum atomic E-state index is -0.269. The van der Waals surface area contributed by atoms with Gasteiger partial charge in [0.25, 0.3) is 0 Å². The van der Waals surface area contributed by atoms with Crippen molar-refractivity contribution in [2.75, 3.05) is 4.81 Å². The summed E-state index contributed by atoms with van der Waals surface area (Å²) in [5.41, 5.74) is 28.8. The van der Waals surface area contributed by atoms with Crippen LogP contribution in [0.15, 0.2) is 138 Å². The highest BCUT2D eigenvalue weighted by Gasteiger charge is 2.51. The number of fused-ring (bicyclic) bond motifs is 20. The number of anilines is 2. The third kappa shape index (κ3) is 4.88. The van der Waals surface area contributed by atoms with Gasteiger partial charge in [-0.1, -0.05) is 161 Å². The van der Waals surface area contributed by atoms with E-state index in [-0.39, 0.29) is 33.9 Å². The van der Waals surface area contributed by atoms with Gasteiger partial charge in [0, 0.05) is 61.1 Å². The molecule has 0 bridgehead atoms. The Morgan fingerprint density at radius 2 is 1.17 bits per heavy atom. The van der Waals surface area contributed by atoms with Crippen molar-refractivity contribution in [2.24, 2.45) is 0 Å². The predicted molar refractivity (Wildman–Crippen MR) is 296 cm³/mol. The molecule has 0 spiro atoms. The minimum Gasteiger partial charge on any atom is -0.456 e. The van der Waals surface area contributed by atoms with E-state index in [4.69, 9.17) is 4.42 Å². The van der Waals surface area contributed by atoms with Crippen LogP contribution in [0.25, 0.3) is 82.8 Å². The smallest absolute Gasteiger partial charge is 0.333 e. The molecule has 0 N–H and O–H groups in total. The van der Waals surface area contributed by atoms with Gasteiger partial charge in [0.2, 0.25) is 0 Å². The molecule has 4 heterocycles. The van der Waals surface area contributed by atoms with Crippen LogP contribution in [0.4, 0.5) is 11.4 Å². The summed E-state index contributed by atoms with van der Waals surface area (Å²) in [7, 11) is 0. The molecule has 3 aliphatic carbocycles. The van der Waals surface area contributed by atoms with Crippen molar-refractivity contribution in [3.05, 3.63) is 172 Å². The standard InChI is InChI=1S/C66H59BN2O/c1-62(2,3)36-24-26-37(27-25-36)69-52-33-47-41(38-18-12-15-21-45(38)65(47,8)9)30-43(52)57-56-40-20-13-16-22-46(40)66(10,11)59(56)58-44-31-48-49(64(6,7)29-28-63(48,4)5)34-51(44)68-53-35-55-42(39-19-14-17-23-54(39)70-55)32-50(53)67(69)60(57)61(58)68/h12-27,30-35H,28-29H2,1-11H3. The van der Waals surface area contributed by atoms with E-state index in [1.807, 2.05) is 0 Å². The molecule has 0 unspecified atom stereocenters. The monoisotopic (exact) mass is 906 g/mol. The number of hydrogen-bond acceptors (Lipinski definition) is 2.